The molecule has 2 fully saturated rings. The van der Waals surface area contributed by atoms with Crippen molar-refractivity contribution in [1.29, 1.82) is 0 Å². The van der Waals surface area contributed by atoms with E-state index in [0.717, 1.165) is 23.0 Å². The maximum atomic E-state index is 14.1. The molecule has 1 N–H and O–H groups in total. The summed E-state index contributed by atoms with van der Waals surface area (Å²) in [6.45, 7) is 2.16. The monoisotopic (exact) mass is 459 g/mol. The Hall–Kier alpha value is -1.31. The summed E-state index contributed by atoms with van der Waals surface area (Å²) in [7, 11) is -3.13. The summed E-state index contributed by atoms with van der Waals surface area (Å²) >= 11 is 13.2. The van der Waals surface area contributed by atoms with E-state index in [0.29, 0.717) is 16.0 Å². The minimum atomic E-state index is -3.13. The van der Waals surface area contributed by atoms with Crippen molar-refractivity contribution in [2.75, 3.05) is 0 Å². The highest BCUT2D eigenvalue weighted by Gasteiger charge is 2.42. The Balaban J connectivity index is 1.64. The van der Waals surface area contributed by atoms with Crippen molar-refractivity contribution in [3.63, 3.8) is 0 Å². The maximum Gasteiger partial charge on any atom is 0.193 e. The average Bonchev–Trinajstić information content (AvgIpc) is 3.38. The molecule has 0 saturated heterocycles. The fourth-order valence-corrected chi connectivity index (χ4v) is 8.26. The molecule has 4 rings (SSSR count). The van der Waals surface area contributed by atoms with Crippen LogP contribution >= 0.6 is 30.5 Å². The van der Waals surface area contributed by atoms with Gasteiger partial charge in [-0.1, -0.05) is 90.3 Å². The summed E-state index contributed by atoms with van der Waals surface area (Å²) in [5.41, 5.74) is 1.69. The van der Waals surface area contributed by atoms with Gasteiger partial charge in [0.2, 0.25) is 0 Å². The molecule has 2 aliphatic rings. The van der Waals surface area contributed by atoms with Gasteiger partial charge in [-0.05, 0) is 55.1 Å². The minimum Gasteiger partial charge on any atom is -0.298 e. The summed E-state index contributed by atoms with van der Waals surface area (Å²) in [5.74, 6) is 5.48. The zero-order valence-corrected chi connectivity index (χ0v) is 19.6. The molecule has 30 heavy (non-hydrogen) atoms. The van der Waals surface area contributed by atoms with Crippen LogP contribution in [-0.4, -0.2) is 6.04 Å². The van der Waals surface area contributed by atoms with E-state index in [-0.39, 0.29) is 6.04 Å². The van der Waals surface area contributed by atoms with Crippen LogP contribution in [0.3, 0.4) is 0 Å². The molecule has 0 aromatic heterocycles. The summed E-state index contributed by atoms with van der Waals surface area (Å²) in [4.78, 5) is 0. The molecule has 0 radical (unpaired) electrons. The van der Waals surface area contributed by atoms with Crippen molar-refractivity contribution in [3.05, 3.63) is 83.4 Å². The van der Waals surface area contributed by atoms with Crippen molar-refractivity contribution in [2.45, 2.75) is 38.6 Å². The molecule has 2 bridgehead atoms. The van der Waals surface area contributed by atoms with Gasteiger partial charge in [0.1, 0.15) is 0 Å². The third-order valence-electron chi connectivity index (χ3n) is 6.55. The van der Waals surface area contributed by atoms with Gasteiger partial charge in [0, 0.05) is 17.7 Å². The van der Waals surface area contributed by atoms with Crippen molar-refractivity contribution in [3.8, 4) is 0 Å². The third-order valence-corrected chi connectivity index (χ3v) is 9.60. The first-order valence-electron chi connectivity index (χ1n) is 10.7. The molecular formula is C25H28Cl2NOP. The molecule has 0 aliphatic heterocycles. The van der Waals surface area contributed by atoms with Crippen LogP contribution in [0, 0.1) is 17.8 Å². The number of hydrogen-bond acceptors (Lipinski definition) is 1. The summed E-state index contributed by atoms with van der Waals surface area (Å²) in [5, 5.41) is 4.40. The molecule has 2 aliphatic carbocycles. The van der Waals surface area contributed by atoms with Gasteiger partial charge in [-0.25, -0.2) is 0 Å². The lowest BCUT2D eigenvalue weighted by Crippen LogP contribution is -2.33. The van der Waals surface area contributed by atoms with Crippen LogP contribution in [0.5, 0.6) is 0 Å². The largest absolute Gasteiger partial charge is 0.298 e. The number of nitrogens with one attached hydrogen (secondary N) is 1. The molecule has 158 valence electrons. The number of rotatable bonds is 7. The van der Waals surface area contributed by atoms with Gasteiger partial charge < -0.3 is 0 Å². The highest BCUT2D eigenvalue weighted by atomic mass is 35.5. The zero-order chi connectivity index (χ0) is 21.1. The normalized spacial score (nSPS) is 27.1. The van der Waals surface area contributed by atoms with Crippen molar-refractivity contribution < 1.29 is 4.57 Å². The van der Waals surface area contributed by atoms with E-state index < -0.39 is 7.29 Å². The molecule has 5 unspecified atom stereocenters. The van der Waals surface area contributed by atoms with E-state index >= 15 is 0 Å². The Bertz CT molecular complexity index is 914. The van der Waals surface area contributed by atoms with E-state index in [1.165, 1.54) is 25.7 Å². The Morgan fingerprint density at radius 1 is 0.933 bits per heavy atom. The van der Waals surface area contributed by atoms with Crippen LogP contribution in [-0.2, 0) is 4.57 Å². The standard InChI is InChI=1S/C25H28Cl2NOP/c1-18(23-15-19-12-13-22(23)14-19)28-30(29,16-24(26)20-8-4-2-5-9-20)17-25(27)21-10-6-3-7-11-21/h2-11,16-19,22-23H,12-15H2,1H3,(H,28,29)/b24-16-,25-17+. The lowest BCUT2D eigenvalue weighted by molar-refractivity contribution is 0.280. The van der Waals surface area contributed by atoms with E-state index in [4.69, 9.17) is 23.2 Å². The molecule has 2 nitrogen and oxygen atoms in total. The lowest BCUT2D eigenvalue weighted by atomic mass is 9.84. The van der Waals surface area contributed by atoms with E-state index in [9.17, 15) is 4.57 Å². The fraction of sp³-hybridized carbons (Fsp3) is 0.360. The van der Waals surface area contributed by atoms with Gasteiger partial charge >= 0.3 is 0 Å². The smallest absolute Gasteiger partial charge is 0.193 e. The Morgan fingerprint density at radius 2 is 1.47 bits per heavy atom. The lowest BCUT2D eigenvalue weighted by Gasteiger charge is -2.30. The molecule has 0 heterocycles. The summed E-state index contributed by atoms with van der Waals surface area (Å²) < 4.78 is 14.1. The molecule has 5 heteroatoms. The predicted octanol–water partition coefficient (Wildman–Crippen LogP) is 8.15. The van der Waals surface area contributed by atoms with E-state index in [2.05, 4.69) is 12.0 Å². The minimum absolute atomic E-state index is 0.138. The highest BCUT2D eigenvalue weighted by molar-refractivity contribution is 7.68. The Labute approximate surface area is 189 Å². The molecule has 5 atom stereocenters. The summed E-state index contributed by atoms with van der Waals surface area (Å²) in [6, 6.07) is 19.4. The molecule has 0 spiro atoms. The fourth-order valence-electron chi connectivity index (χ4n) is 5.11. The van der Waals surface area contributed by atoms with Crippen molar-refractivity contribution in [2.24, 2.45) is 17.8 Å². The van der Waals surface area contributed by atoms with Crippen LogP contribution in [0.2, 0.25) is 0 Å². The van der Waals surface area contributed by atoms with Gasteiger partial charge in [0.25, 0.3) is 0 Å². The quantitative estimate of drug-likeness (QED) is 0.423. The first-order valence-corrected chi connectivity index (χ1v) is 13.3. The van der Waals surface area contributed by atoms with Crippen molar-refractivity contribution >= 4 is 40.6 Å². The van der Waals surface area contributed by atoms with Gasteiger partial charge in [0.05, 0.1) is 10.1 Å². The number of halogens is 2. The average molecular weight is 460 g/mol. The predicted molar refractivity (Wildman–Crippen MR) is 130 cm³/mol. The first kappa shape index (κ1) is 21.9. The van der Waals surface area contributed by atoms with Crippen LogP contribution in [0.4, 0.5) is 0 Å². The zero-order valence-electron chi connectivity index (χ0n) is 17.2. The Kier molecular flexibility index (Phi) is 6.90. The first-order chi connectivity index (χ1) is 14.4. The summed E-state index contributed by atoms with van der Waals surface area (Å²) in [6.07, 6.45) is 5.20. The molecule has 0 amide bonds. The number of benzene rings is 2. The molecule has 2 aromatic carbocycles. The third kappa shape index (κ3) is 5.11. The SMILES string of the molecule is CC(NP(=O)(/C=C(\Cl)c1ccccc1)/C=C(/Cl)c1ccccc1)C1CC2CCC1C2. The van der Waals surface area contributed by atoms with Crippen LogP contribution in [0.15, 0.2) is 72.3 Å². The van der Waals surface area contributed by atoms with Crippen LogP contribution < -0.4 is 5.09 Å². The van der Waals surface area contributed by atoms with Gasteiger partial charge in [-0.2, -0.15) is 0 Å². The highest BCUT2D eigenvalue weighted by Crippen LogP contribution is 2.54. The molecule has 2 aromatic rings. The molecular weight excluding hydrogens is 432 g/mol. The second-order valence-electron chi connectivity index (χ2n) is 8.65. The van der Waals surface area contributed by atoms with E-state index in [1.807, 2.05) is 60.7 Å². The number of fused-ring (bicyclic) bond motifs is 2. The topological polar surface area (TPSA) is 29.1 Å². The van der Waals surface area contributed by atoms with Crippen molar-refractivity contribution in [1.82, 2.24) is 5.09 Å². The van der Waals surface area contributed by atoms with Crippen LogP contribution in [0.1, 0.15) is 43.7 Å². The van der Waals surface area contributed by atoms with Gasteiger partial charge in [-0.3, -0.25) is 9.65 Å². The maximum absolute atomic E-state index is 14.1. The second-order valence-corrected chi connectivity index (χ2v) is 11.7. The van der Waals surface area contributed by atoms with Gasteiger partial charge in [-0.15, -0.1) is 0 Å². The Morgan fingerprint density at radius 3 is 1.90 bits per heavy atom. The second kappa shape index (κ2) is 9.45. The van der Waals surface area contributed by atoms with Crippen LogP contribution in [0.25, 0.3) is 10.1 Å². The molecule has 2 saturated carbocycles. The van der Waals surface area contributed by atoms with Gasteiger partial charge in [0.15, 0.2) is 7.29 Å². The number of hydrogen-bond donors (Lipinski definition) is 1. The van der Waals surface area contributed by atoms with E-state index in [1.54, 1.807) is 11.6 Å².